The second-order valence-corrected chi connectivity index (χ2v) is 5.05. The van der Waals surface area contributed by atoms with E-state index in [0.717, 1.165) is 18.7 Å². The Hall–Kier alpha value is -2.63. The zero-order valence-electron chi connectivity index (χ0n) is 12.7. The van der Waals surface area contributed by atoms with E-state index < -0.39 is 4.92 Å². The molecule has 0 fully saturated rings. The summed E-state index contributed by atoms with van der Waals surface area (Å²) in [6, 6.07) is 11.1. The van der Waals surface area contributed by atoms with Crippen LogP contribution in [-0.2, 0) is 0 Å². The van der Waals surface area contributed by atoms with E-state index in [2.05, 4.69) is 29.4 Å². The average molecular weight is 301 g/mol. The van der Waals surface area contributed by atoms with E-state index in [0.29, 0.717) is 11.7 Å². The molecule has 6 heteroatoms. The Morgan fingerprint density at radius 2 is 2.00 bits per heavy atom. The topological polar surface area (TPSA) is 77.3 Å². The van der Waals surface area contributed by atoms with Crippen molar-refractivity contribution in [1.29, 1.82) is 0 Å². The summed E-state index contributed by atoms with van der Waals surface area (Å²) in [5.74, 6) is 1.90. The lowest BCUT2D eigenvalue weighted by molar-refractivity contribution is -0.385. The van der Waals surface area contributed by atoms with Crippen LogP contribution in [0.4, 0.5) is 11.5 Å². The maximum absolute atomic E-state index is 10.6. The van der Waals surface area contributed by atoms with Crippen LogP contribution in [0.1, 0.15) is 24.8 Å². The van der Waals surface area contributed by atoms with Gasteiger partial charge in [0, 0.05) is 12.6 Å². The third kappa shape index (κ3) is 4.18. The molecular weight excluding hydrogens is 282 g/mol. The van der Waals surface area contributed by atoms with Crippen LogP contribution in [0.3, 0.4) is 0 Å². The molecule has 1 heterocycles. The van der Waals surface area contributed by atoms with E-state index in [4.69, 9.17) is 4.74 Å². The smallest absolute Gasteiger partial charge is 0.287 e. The summed E-state index contributed by atoms with van der Waals surface area (Å²) in [7, 11) is 1.65. The number of hydrogen-bond acceptors (Lipinski definition) is 5. The Bertz CT molecular complexity index is 612. The molecule has 0 bridgehead atoms. The highest BCUT2D eigenvalue weighted by atomic mass is 16.6. The highest BCUT2D eigenvalue weighted by molar-refractivity contribution is 5.40. The number of aromatic nitrogens is 1. The minimum atomic E-state index is -0.456. The van der Waals surface area contributed by atoms with E-state index in [1.807, 2.05) is 12.1 Å². The monoisotopic (exact) mass is 301 g/mol. The first kappa shape index (κ1) is 15.8. The van der Waals surface area contributed by atoms with Crippen LogP contribution >= 0.6 is 0 Å². The van der Waals surface area contributed by atoms with Gasteiger partial charge in [0.25, 0.3) is 5.69 Å². The summed E-state index contributed by atoms with van der Waals surface area (Å²) in [4.78, 5) is 14.1. The lowest BCUT2D eigenvalue weighted by Gasteiger charge is -2.13. The van der Waals surface area contributed by atoms with Crippen molar-refractivity contribution >= 4 is 11.5 Å². The number of pyridine rings is 1. The van der Waals surface area contributed by atoms with Gasteiger partial charge in [-0.25, -0.2) is 4.98 Å². The van der Waals surface area contributed by atoms with Gasteiger partial charge in [0.05, 0.1) is 12.0 Å². The maximum atomic E-state index is 10.6. The summed E-state index contributed by atoms with van der Waals surface area (Å²) in [5, 5.41) is 13.7. The van der Waals surface area contributed by atoms with Crippen LogP contribution in [-0.4, -0.2) is 23.6 Å². The molecule has 0 saturated heterocycles. The molecule has 2 aromatic rings. The fraction of sp³-hybridized carbons (Fsp3) is 0.312. The van der Waals surface area contributed by atoms with Gasteiger partial charge in [-0.05, 0) is 36.1 Å². The number of nitrogens with one attached hydrogen (secondary N) is 1. The number of benzene rings is 1. The number of hydrogen-bond donors (Lipinski definition) is 1. The highest BCUT2D eigenvalue weighted by Crippen LogP contribution is 2.22. The van der Waals surface area contributed by atoms with Crippen molar-refractivity contribution in [2.75, 3.05) is 19.0 Å². The summed E-state index contributed by atoms with van der Waals surface area (Å²) in [6.45, 7) is 2.91. The number of rotatable bonds is 7. The Morgan fingerprint density at radius 3 is 2.55 bits per heavy atom. The molecule has 0 aliphatic rings. The molecule has 0 saturated carbocycles. The molecule has 0 amide bonds. The van der Waals surface area contributed by atoms with Gasteiger partial charge in [0.15, 0.2) is 0 Å². The fourth-order valence-electron chi connectivity index (χ4n) is 2.11. The molecule has 6 nitrogen and oxygen atoms in total. The molecule has 116 valence electrons. The standard InChI is InChI=1S/C16H19N3O3/c1-12(13-3-6-15(22-2)7-4-13)9-10-17-16-8-5-14(11-18-16)19(20)21/h3-8,11-12H,9-10H2,1-2H3,(H,17,18). The lowest BCUT2D eigenvalue weighted by Crippen LogP contribution is -2.07. The number of anilines is 1. The van der Waals surface area contributed by atoms with Gasteiger partial charge in [-0.15, -0.1) is 0 Å². The molecular formula is C16H19N3O3. The van der Waals surface area contributed by atoms with Crippen LogP contribution in [0, 0.1) is 10.1 Å². The van der Waals surface area contributed by atoms with Gasteiger partial charge < -0.3 is 10.1 Å². The van der Waals surface area contributed by atoms with Crippen LogP contribution in [0.2, 0.25) is 0 Å². The molecule has 2 rings (SSSR count). The van der Waals surface area contributed by atoms with E-state index in [-0.39, 0.29) is 5.69 Å². The molecule has 0 aliphatic carbocycles. The van der Waals surface area contributed by atoms with Crippen molar-refractivity contribution in [2.24, 2.45) is 0 Å². The quantitative estimate of drug-likeness (QED) is 0.624. The number of ether oxygens (including phenoxy) is 1. The molecule has 1 atom stereocenters. The largest absolute Gasteiger partial charge is 0.497 e. The third-order valence-corrected chi connectivity index (χ3v) is 3.53. The molecule has 1 aromatic heterocycles. The molecule has 1 aromatic carbocycles. The molecule has 1 N–H and O–H groups in total. The predicted molar refractivity (Wildman–Crippen MR) is 85.4 cm³/mol. The van der Waals surface area contributed by atoms with E-state index in [1.165, 1.54) is 17.8 Å². The minimum absolute atomic E-state index is 0.00264. The van der Waals surface area contributed by atoms with Crippen molar-refractivity contribution in [3.05, 3.63) is 58.3 Å². The maximum Gasteiger partial charge on any atom is 0.287 e. The predicted octanol–water partition coefficient (Wildman–Crippen LogP) is 3.60. The first-order valence-electron chi connectivity index (χ1n) is 7.08. The summed E-state index contributed by atoms with van der Waals surface area (Å²) >= 11 is 0. The molecule has 0 aliphatic heterocycles. The van der Waals surface area contributed by atoms with Crippen molar-refractivity contribution in [2.45, 2.75) is 19.3 Å². The Morgan fingerprint density at radius 1 is 1.27 bits per heavy atom. The number of nitro groups is 1. The fourth-order valence-corrected chi connectivity index (χ4v) is 2.11. The summed E-state index contributed by atoms with van der Waals surface area (Å²) in [5.41, 5.74) is 1.25. The second-order valence-electron chi connectivity index (χ2n) is 5.05. The van der Waals surface area contributed by atoms with Crippen molar-refractivity contribution in [1.82, 2.24) is 4.98 Å². The molecule has 22 heavy (non-hydrogen) atoms. The van der Waals surface area contributed by atoms with E-state index >= 15 is 0 Å². The lowest BCUT2D eigenvalue weighted by atomic mass is 9.98. The second kappa shape index (κ2) is 7.40. The molecule has 0 radical (unpaired) electrons. The average Bonchev–Trinajstić information content (AvgIpc) is 2.55. The normalized spacial score (nSPS) is 11.7. The van der Waals surface area contributed by atoms with Crippen molar-refractivity contribution in [3.8, 4) is 5.75 Å². The van der Waals surface area contributed by atoms with E-state index in [1.54, 1.807) is 13.2 Å². The van der Waals surface area contributed by atoms with Gasteiger partial charge >= 0.3 is 0 Å². The zero-order valence-corrected chi connectivity index (χ0v) is 12.7. The van der Waals surface area contributed by atoms with Crippen molar-refractivity contribution in [3.63, 3.8) is 0 Å². The molecule has 0 spiro atoms. The van der Waals surface area contributed by atoms with Crippen LogP contribution < -0.4 is 10.1 Å². The van der Waals surface area contributed by atoms with E-state index in [9.17, 15) is 10.1 Å². The summed E-state index contributed by atoms with van der Waals surface area (Å²) < 4.78 is 5.15. The molecule has 1 unspecified atom stereocenters. The first-order valence-corrected chi connectivity index (χ1v) is 7.08. The number of methoxy groups -OCH3 is 1. The van der Waals surface area contributed by atoms with Crippen LogP contribution in [0.15, 0.2) is 42.6 Å². The highest BCUT2D eigenvalue weighted by Gasteiger charge is 2.07. The Labute approximate surface area is 129 Å². The minimum Gasteiger partial charge on any atom is -0.497 e. The zero-order chi connectivity index (χ0) is 15.9. The van der Waals surface area contributed by atoms with Gasteiger partial charge in [0.1, 0.15) is 17.8 Å². The van der Waals surface area contributed by atoms with Crippen LogP contribution in [0.5, 0.6) is 5.75 Å². The summed E-state index contributed by atoms with van der Waals surface area (Å²) in [6.07, 6.45) is 2.19. The Kier molecular flexibility index (Phi) is 5.30. The van der Waals surface area contributed by atoms with Crippen LogP contribution in [0.25, 0.3) is 0 Å². The van der Waals surface area contributed by atoms with Gasteiger partial charge in [-0.2, -0.15) is 0 Å². The van der Waals surface area contributed by atoms with Gasteiger partial charge in [-0.1, -0.05) is 19.1 Å². The number of nitrogens with zero attached hydrogens (tertiary/aromatic N) is 2. The Balaban J connectivity index is 1.83. The first-order chi connectivity index (χ1) is 10.6. The van der Waals surface area contributed by atoms with Gasteiger partial charge in [-0.3, -0.25) is 10.1 Å². The van der Waals surface area contributed by atoms with Crippen molar-refractivity contribution < 1.29 is 9.66 Å². The SMILES string of the molecule is COc1ccc(C(C)CCNc2ccc([N+](=O)[O-])cn2)cc1. The third-order valence-electron chi connectivity index (χ3n) is 3.53. The van der Waals surface area contributed by atoms with Gasteiger partial charge in [0.2, 0.25) is 0 Å².